The molecule has 0 saturated heterocycles. The maximum absolute atomic E-state index is 10.6. The van der Waals surface area contributed by atoms with E-state index in [2.05, 4.69) is 13.8 Å². The lowest BCUT2D eigenvalue weighted by Gasteiger charge is -2.22. The maximum atomic E-state index is 10.6. The van der Waals surface area contributed by atoms with Gasteiger partial charge in [-0.2, -0.15) is 0 Å². The standard InChI is InChI=1S/C17H32O4/c1-3-5-8-14(4-2)13-15(9-6-11-16(18)19)10-7-12-17(20)21/h14-15H,3-13H2,1-2H3,(H,18,19)(H,20,21). The summed E-state index contributed by atoms with van der Waals surface area (Å²) < 4.78 is 0. The predicted octanol–water partition coefficient (Wildman–Crippen LogP) is 4.72. The van der Waals surface area contributed by atoms with Gasteiger partial charge in [0, 0.05) is 12.8 Å². The van der Waals surface area contributed by atoms with Crippen LogP contribution in [-0.2, 0) is 9.59 Å². The molecule has 0 heterocycles. The summed E-state index contributed by atoms with van der Waals surface area (Å²) >= 11 is 0. The fraction of sp³-hybridized carbons (Fsp3) is 0.882. The molecule has 0 amide bonds. The number of carboxylic acid groups (broad SMARTS) is 2. The molecule has 4 nitrogen and oxygen atoms in total. The number of carbonyl (C=O) groups is 2. The third-order valence-electron chi connectivity index (χ3n) is 4.22. The van der Waals surface area contributed by atoms with Crippen LogP contribution in [0.5, 0.6) is 0 Å². The van der Waals surface area contributed by atoms with E-state index in [0.717, 1.165) is 25.7 Å². The van der Waals surface area contributed by atoms with Crippen LogP contribution in [0.2, 0.25) is 0 Å². The lowest BCUT2D eigenvalue weighted by Crippen LogP contribution is -2.11. The highest BCUT2D eigenvalue weighted by Crippen LogP contribution is 2.28. The van der Waals surface area contributed by atoms with Gasteiger partial charge < -0.3 is 10.2 Å². The van der Waals surface area contributed by atoms with E-state index in [1.54, 1.807) is 0 Å². The Balaban J connectivity index is 4.24. The second-order valence-electron chi connectivity index (χ2n) is 6.09. The van der Waals surface area contributed by atoms with Crippen molar-refractivity contribution in [1.82, 2.24) is 0 Å². The normalized spacial score (nSPS) is 12.5. The Morgan fingerprint density at radius 1 is 0.810 bits per heavy atom. The van der Waals surface area contributed by atoms with Crippen molar-refractivity contribution in [2.45, 2.75) is 84.5 Å². The minimum absolute atomic E-state index is 0.223. The molecular weight excluding hydrogens is 268 g/mol. The lowest BCUT2D eigenvalue weighted by atomic mass is 9.83. The van der Waals surface area contributed by atoms with E-state index in [0.29, 0.717) is 24.7 Å². The van der Waals surface area contributed by atoms with Crippen molar-refractivity contribution in [3.63, 3.8) is 0 Å². The second-order valence-corrected chi connectivity index (χ2v) is 6.09. The molecule has 0 aromatic heterocycles. The summed E-state index contributed by atoms with van der Waals surface area (Å²) in [6.07, 6.45) is 9.65. The molecule has 1 unspecified atom stereocenters. The fourth-order valence-electron chi connectivity index (χ4n) is 2.92. The van der Waals surface area contributed by atoms with Gasteiger partial charge in [-0.3, -0.25) is 9.59 Å². The first-order chi connectivity index (χ1) is 9.99. The molecule has 0 saturated carbocycles. The molecule has 124 valence electrons. The zero-order valence-electron chi connectivity index (χ0n) is 13.6. The monoisotopic (exact) mass is 300 g/mol. The van der Waals surface area contributed by atoms with Crippen LogP contribution < -0.4 is 0 Å². The molecule has 0 aliphatic rings. The van der Waals surface area contributed by atoms with Crippen LogP contribution in [0.15, 0.2) is 0 Å². The minimum Gasteiger partial charge on any atom is -0.481 e. The van der Waals surface area contributed by atoms with Crippen molar-refractivity contribution in [2.24, 2.45) is 11.8 Å². The van der Waals surface area contributed by atoms with Gasteiger partial charge in [0.1, 0.15) is 0 Å². The molecule has 2 N–H and O–H groups in total. The van der Waals surface area contributed by atoms with Gasteiger partial charge in [-0.25, -0.2) is 0 Å². The first-order valence-corrected chi connectivity index (χ1v) is 8.43. The van der Waals surface area contributed by atoms with E-state index in [4.69, 9.17) is 10.2 Å². The molecule has 0 bridgehead atoms. The summed E-state index contributed by atoms with van der Waals surface area (Å²) in [5, 5.41) is 17.5. The highest BCUT2D eigenvalue weighted by Gasteiger charge is 2.16. The highest BCUT2D eigenvalue weighted by molar-refractivity contribution is 5.66. The summed E-state index contributed by atoms with van der Waals surface area (Å²) in [7, 11) is 0. The quantitative estimate of drug-likeness (QED) is 0.487. The summed E-state index contributed by atoms with van der Waals surface area (Å²) in [4.78, 5) is 21.3. The number of aliphatic carboxylic acids is 2. The number of rotatable bonds is 14. The molecule has 0 spiro atoms. The van der Waals surface area contributed by atoms with Gasteiger partial charge in [0.25, 0.3) is 0 Å². The van der Waals surface area contributed by atoms with Gasteiger partial charge in [0.05, 0.1) is 0 Å². The molecule has 1 atom stereocenters. The van der Waals surface area contributed by atoms with Crippen molar-refractivity contribution in [3.8, 4) is 0 Å². The predicted molar refractivity (Wildman–Crippen MR) is 84.4 cm³/mol. The molecule has 0 aliphatic heterocycles. The van der Waals surface area contributed by atoms with E-state index >= 15 is 0 Å². The third kappa shape index (κ3) is 12.4. The van der Waals surface area contributed by atoms with Crippen molar-refractivity contribution in [3.05, 3.63) is 0 Å². The Labute approximate surface area is 128 Å². The van der Waals surface area contributed by atoms with Crippen LogP contribution in [-0.4, -0.2) is 22.2 Å². The van der Waals surface area contributed by atoms with Crippen LogP contribution in [0.4, 0.5) is 0 Å². The van der Waals surface area contributed by atoms with E-state index < -0.39 is 11.9 Å². The number of carboxylic acids is 2. The molecule has 0 rings (SSSR count). The van der Waals surface area contributed by atoms with Crippen LogP contribution in [0.1, 0.15) is 84.5 Å². The van der Waals surface area contributed by atoms with Gasteiger partial charge in [0.2, 0.25) is 0 Å². The van der Waals surface area contributed by atoms with Gasteiger partial charge in [-0.15, -0.1) is 0 Å². The van der Waals surface area contributed by atoms with Gasteiger partial charge in [0.15, 0.2) is 0 Å². The molecule has 0 fully saturated rings. The Morgan fingerprint density at radius 2 is 1.29 bits per heavy atom. The second kappa shape index (κ2) is 12.7. The van der Waals surface area contributed by atoms with Crippen molar-refractivity contribution in [2.75, 3.05) is 0 Å². The topological polar surface area (TPSA) is 74.6 Å². The van der Waals surface area contributed by atoms with Crippen LogP contribution in [0.3, 0.4) is 0 Å². The Hall–Kier alpha value is -1.06. The molecule has 0 radical (unpaired) electrons. The van der Waals surface area contributed by atoms with Gasteiger partial charge in [-0.1, -0.05) is 39.5 Å². The zero-order valence-corrected chi connectivity index (χ0v) is 13.6. The molecule has 0 aliphatic carbocycles. The summed E-state index contributed by atoms with van der Waals surface area (Å²) in [5.74, 6) is -0.301. The number of unbranched alkanes of at least 4 members (excludes halogenated alkanes) is 1. The Bertz CT molecular complexity index is 269. The Kier molecular flexibility index (Phi) is 12.0. The molecule has 4 heteroatoms. The summed E-state index contributed by atoms with van der Waals surface area (Å²) in [6, 6.07) is 0. The van der Waals surface area contributed by atoms with Crippen LogP contribution >= 0.6 is 0 Å². The van der Waals surface area contributed by atoms with Crippen molar-refractivity contribution in [1.29, 1.82) is 0 Å². The minimum atomic E-state index is -0.739. The smallest absolute Gasteiger partial charge is 0.303 e. The van der Waals surface area contributed by atoms with E-state index in [-0.39, 0.29) is 12.8 Å². The molecule has 21 heavy (non-hydrogen) atoms. The first kappa shape index (κ1) is 19.9. The van der Waals surface area contributed by atoms with Crippen molar-refractivity contribution < 1.29 is 19.8 Å². The number of hydrogen-bond donors (Lipinski definition) is 2. The molecular formula is C17H32O4. The Morgan fingerprint density at radius 3 is 1.67 bits per heavy atom. The average Bonchev–Trinajstić information content (AvgIpc) is 2.42. The SMILES string of the molecule is CCCCC(CC)CC(CCCC(=O)O)CCCC(=O)O. The average molecular weight is 300 g/mol. The zero-order chi connectivity index (χ0) is 16.1. The largest absolute Gasteiger partial charge is 0.481 e. The van der Waals surface area contributed by atoms with E-state index in [1.165, 1.54) is 19.3 Å². The van der Waals surface area contributed by atoms with Gasteiger partial charge >= 0.3 is 11.9 Å². The first-order valence-electron chi connectivity index (χ1n) is 8.43. The fourth-order valence-corrected chi connectivity index (χ4v) is 2.92. The molecule has 0 aromatic carbocycles. The number of hydrogen-bond acceptors (Lipinski definition) is 2. The van der Waals surface area contributed by atoms with Crippen molar-refractivity contribution >= 4 is 11.9 Å². The molecule has 0 aromatic rings. The summed E-state index contributed by atoms with van der Waals surface area (Å²) in [6.45, 7) is 4.41. The van der Waals surface area contributed by atoms with E-state index in [9.17, 15) is 9.59 Å². The maximum Gasteiger partial charge on any atom is 0.303 e. The lowest BCUT2D eigenvalue weighted by molar-refractivity contribution is -0.138. The highest BCUT2D eigenvalue weighted by atomic mass is 16.4. The third-order valence-corrected chi connectivity index (χ3v) is 4.22. The summed E-state index contributed by atoms with van der Waals surface area (Å²) in [5.41, 5.74) is 0. The van der Waals surface area contributed by atoms with Gasteiger partial charge in [-0.05, 0) is 43.9 Å². The van der Waals surface area contributed by atoms with E-state index in [1.807, 2.05) is 0 Å². The van der Waals surface area contributed by atoms with Crippen LogP contribution in [0.25, 0.3) is 0 Å². The van der Waals surface area contributed by atoms with Crippen LogP contribution in [0, 0.1) is 11.8 Å².